The van der Waals surface area contributed by atoms with Crippen LogP contribution in [0.3, 0.4) is 0 Å². The number of carbonyl (C=O) groups is 1. The van der Waals surface area contributed by atoms with E-state index >= 15 is 0 Å². The molecule has 0 amide bonds. The molecule has 0 N–H and O–H groups in total. The van der Waals surface area contributed by atoms with Crippen LogP contribution in [0.4, 0.5) is 14.5 Å². The minimum Gasteiger partial charge on any atom is -0.363 e. The number of rotatable bonds is 4. The van der Waals surface area contributed by atoms with Gasteiger partial charge in [0.15, 0.2) is 0 Å². The summed E-state index contributed by atoms with van der Waals surface area (Å²) >= 11 is 5.83. The van der Waals surface area contributed by atoms with Gasteiger partial charge in [0.1, 0.15) is 23.6 Å². The summed E-state index contributed by atoms with van der Waals surface area (Å²) in [5.74, 6) is -1.53. The van der Waals surface area contributed by atoms with Crippen molar-refractivity contribution >= 4 is 23.6 Å². The highest BCUT2D eigenvalue weighted by molar-refractivity contribution is 6.30. The van der Waals surface area contributed by atoms with Crippen LogP contribution in [0.25, 0.3) is 0 Å². The number of hydrogen-bond donors (Lipinski definition) is 0. The van der Waals surface area contributed by atoms with Crippen LogP contribution in [0, 0.1) is 11.6 Å². The number of anilines is 1. The van der Waals surface area contributed by atoms with Crippen molar-refractivity contribution in [3.8, 4) is 0 Å². The Morgan fingerprint density at radius 1 is 1.14 bits per heavy atom. The Kier molecular flexibility index (Phi) is 4.58. The van der Waals surface area contributed by atoms with E-state index in [1.807, 2.05) is 6.92 Å². The van der Waals surface area contributed by atoms with Crippen molar-refractivity contribution in [1.82, 2.24) is 0 Å². The van der Waals surface area contributed by atoms with Crippen LogP contribution in [0.1, 0.15) is 28.9 Å². The second kappa shape index (κ2) is 6.22. The predicted molar refractivity (Wildman–Crippen MR) is 80.0 cm³/mol. The van der Waals surface area contributed by atoms with Crippen molar-refractivity contribution in [2.45, 2.75) is 13.0 Å². The fraction of sp³-hybridized carbons (Fsp3) is 0.188. The van der Waals surface area contributed by atoms with Crippen LogP contribution in [-0.2, 0) is 0 Å². The van der Waals surface area contributed by atoms with E-state index in [1.54, 1.807) is 31.3 Å². The number of carbonyl (C=O) groups excluding carboxylic acids is 1. The Morgan fingerprint density at radius 3 is 2.14 bits per heavy atom. The zero-order valence-corrected chi connectivity index (χ0v) is 12.4. The molecule has 0 heterocycles. The van der Waals surface area contributed by atoms with E-state index in [0.29, 0.717) is 11.3 Å². The van der Waals surface area contributed by atoms with Crippen LogP contribution in [0.2, 0.25) is 5.02 Å². The maximum absolute atomic E-state index is 14.0. The SMILES string of the molecule is CC(c1ccc(Cl)cc1)N(C)c1c(F)cc(C=O)cc1F. The molecule has 21 heavy (non-hydrogen) atoms. The quantitative estimate of drug-likeness (QED) is 0.768. The summed E-state index contributed by atoms with van der Waals surface area (Å²) in [5, 5.41) is 0.598. The third-order valence-electron chi connectivity index (χ3n) is 3.46. The first kappa shape index (κ1) is 15.4. The molecule has 0 aromatic heterocycles. The van der Waals surface area contributed by atoms with E-state index in [-0.39, 0.29) is 17.3 Å². The standard InChI is InChI=1S/C16H14ClF2NO/c1-10(12-3-5-13(17)6-4-12)20(2)16-14(18)7-11(9-21)8-15(16)19/h3-10H,1-2H3. The number of aldehydes is 1. The Morgan fingerprint density at radius 2 is 1.67 bits per heavy atom. The van der Waals surface area contributed by atoms with Gasteiger partial charge in [0, 0.05) is 17.6 Å². The highest BCUT2D eigenvalue weighted by Crippen LogP contribution is 2.31. The highest BCUT2D eigenvalue weighted by Gasteiger charge is 2.20. The van der Waals surface area contributed by atoms with Gasteiger partial charge in [-0.2, -0.15) is 0 Å². The van der Waals surface area contributed by atoms with E-state index in [2.05, 4.69) is 0 Å². The molecule has 2 rings (SSSR count). The maximum Gasteiger partial charge on any atom is 0.150 e. The summed E-state index contributed by atoms with van der Waals surface area (Å²) in [5.41, 5.74) is 0.685. The van der Waals surface area contributed by atoms with E-state index in [1.165, 1.54) is 4.90 Å². The van der Waals surface area contributed by atoms with Gasteiger partial charge in [-0.3, -0.25) is 4.79 Å². The molecule has 0 aliphatic rings. The van der Waals surface area contributed by atoms with Gasteiger partial charge in [-0.05, 0) is 36.8 Å². The van der Waals surface area contributed by atoms with Crippen molar-refractivity contribution in [3.05, 3.63) is 64.2 Å². The van der Waals surface area contributed by atoms with Crippen LogP contribution in [0.15, 0.2) is 36.4 Å². The topological polar surface area (TPSA) is 20.3 Å². The molecule has 2 nitrogen and oxygen atoms in total. The summed E-state index contributed by atoms with van der Waals surface area (Å²) < 4.78 is 28.1. The molecule has 0 saturated carbocycles. The minimum atomic E-state index is -0.764. The molecule has 110 valence electrons. The van der Waals surface area contributed by atoms with Crippen LogP contribution >= 0.6 is 11.6 Å². The third-order valence-corrected chi connectivity index (χ3v) is 3.71. The highest BCUT2D eigenvalue weighted by atomic mass is 35.5. The molecule has 1 unspecified atom stereocenters. The van der Waals surface area contributed by atoms with Crippen molar-refractivity contribution in [2.75, 3.05) is 11.9 Å². The van der Waals surface area contributed by atoms with Gasteiger partial charge in [0.2, 0.25) is 0 Å². The minimum absolute atomic E-state index is 0.0266. The number of halogens is 3. The fourth-order valence-corrected chi connectivity index (χ4v) is 2.27. The zero-order chi connectivity index (χ0) is 15.6. The molecule has 0 spiro atoms. The van der Waals surface area contributed by atoms with Crippen molar-refractivity contribution in [2.24, 2.45) is 0 Å². The number of hydrogen-bond acceptors (Lipinski definition) is 2. The molecule has 0 bridgehead atoms. The lowest BCUT2D eigenvalue weighted by Gasteiger charge is -2.28. The van der Waals surface area contributed by atoms with Crippen LogP contribution in [-0.4, -0.2) is 13.3 Å². The Labute approximate surface area is 127 Å². The van der Waals surface area contributed by atoms with Gasteiger partial charge < -0.3 is 4.90 Å². The second-order valence-corrected chi connectivity index (χ2v) is 5.23. The molecule has 2 aromatic rings. The van der Waals surface area contributed by atoms with Crippen molar-refractivity contribution < 1.29 is 13.6 Å². The molecule has 0 saturated heterocycles. The van der Waals surface area contributed by atoms with Crippen LogP contribution < -0.4 is 4.90 Å². The molecule has 0 radical (unpaired) electrons. The number of nitrogens with zero attached hydrogens (tertiary/aromatic N) is 1. The molecular formula is C16H14ClF2NO. The summed E-state index contributed by atoms with van der Waals surface area (Å²) in [7, 11) is 1.60. The lowest BCUT2D eigenvalue weighted by Crippen LogP contribution is -2.24. The first-order valence-electron chi connectivity index (χ1n) is 6.36. The Hall–Kier alpha value is -1.94. The average Bonchev–Trinajstić information content (AvgIpc) is 2.46. The lowest BCUT2D eigenvalue weighted by molar-refractivity contribution is 0.112. The average molecular weight is 310 g/mol. The lowest BCUT2D eigenvalue weighted by atomic mass is 10.1. The first-order valence-corrected chi connectivity index (χ1v) is 6.74. The van der Waals surface area contributed by atoms with E-state index < -0.39 is 11.6 Å². The van der Waals surface area contributed by atoms with Crippen molar-refractivity contribution in [3.63, 3.8) is 0 Å². The Balaban J connectivity index is 2.37. The summed E-state index contributed by atoms with van der Waals surface area (Å²) in [4.78, 5) is 12.1. The van der Waals surface area contributed by atoms with Gasteiger partial charge in [-0.1, -0.05) is 23.7 Å². The Bertz CT molecular complexity index is 635. The molecular weight excluding hydrogens is 296 g/mol. The summed E-state index contributed by atoms with van der Waals surface area (Å²) in [6, 6.07) is 8.85. The molecule has 0 fully saturated rings. The van der Waals surface area contributed by atoms with E-state index in [0.717, 1.165) is 17.7 Å². The van der Waals surface area contributed by atoms with E-state index in [9.17, 15) is 13.6 Å². The summed E-state index contributed by atoms with van der Waals surface area (Å²) in [6.45, 7) is 1.83. The first-order chi connectivity index (χ1) is 9.93. The van der Waals surface area contributed by atoms with Gasteiger partial charge in [0.05, 0.1) is 6.04 Å². The zero-order valence-electron chi connectivity index (χ0n) is 11.6. The van der Waals surface area contributed by atoms with Gasteiger partial charge >= 0.3 is 0 Å². The third kappa shape index (κ3) is 3.22. The van der Waals surface area contributed by atoms with Gasteiger partial charge in [0.25, 0.3) is 0 Å². The van der Waals surface area contributed by atoms with Gasteiger partial charge in [-0.15, -0.1) is 0 Å². The van der Waals surface area contributed by atoms with Crippen molar-refractivity contribution in [1.29, 1.82) is 0 Å². The second-order valence-electron chi connectivity index (χ2n) is 4.79. The van der Waals surface area contributed by atoms with Crippen LogP contribution in [0.5, 0.6) is 0 Å². The number of benzene rings is 2. The smallest absolute Gasteiger partial charge is 0.150 e. The largest absolute Gasteiger partial charge is 0.363 e. The molecule has 5 heteroatoms. The molecule has 0 aliphatic carbocycles. The molecule has 2 aromatic carbocycles. The molecule has 0 aliphatic heterocycles. The predicted octanol–water partition coefficient (Wildman–Crippen LogP) is 4.63. The fourth-order valence-electron chi connectivity index (χ4n) is 2.15. The monoisotopic (exact) mass is 309 g/mol. The summed E-state index contributed by atoms with van der Waals surface area (Å²) in [6.07, 6.45) is 0.415. The normalized spacial score (nSPS) is 12.0. The molecule has 1 atom stereocenters. The van der Waals surface area contributed by atoms with Gasteiger partial charge in [-0.25, -0.2) is 8.78 Å². The van der Waals surface area contributed by atoms with E-state index in [4.69, 9.17) is 11.6 Å². The maximum atomic E-state index is 14.0.